The first kappa shape index (κ1) is 21.1. The number of para-hydroxylation sites is 2. The molecule has 0 aliphatic carbocycles. The molecule has 35 heavy (non-hydrogen) atoms. The second-order valence-electron chi connectivity index (χ2n) is 7.77. The zero-order chi connectivity index (χ0) is 23.6. The number of fused-ring (bicyclic) bond motifs is 2. The third-order valence-electron chi connectivity index (χ3n) is 5.60. The van der Waals surface area contributed by atoms with Crippen LogP contribution in [0.2, 0.25) is 0 Å². The summed E-state index contributed by atoms with van der Waals surface area (Å²) in [6, 6.07) is 25.7. The number of nitrogens with zero attached hydrogens (tertiary/aromatic N) is 4. The van der Waals surface area contributed by atoms with E-state index in [-0.39, 0.29) is 0 Å². The summed E-state index contributed by atoms with van der Waals surface area (Å²) in [5, 5.41) is 6.08. The van der Waals surface area contributed by atoms with Gasteiger partial charge in [-0.05, 0) is 48.7 Å². The number of pyridine rings is 1. The Balaban J connectivity index is 1.37. The number of ether oxygens (including phenoxy) is 1. The van der Waals surface area contributed by atoms with Crippen molar-refractivity contribution in [3.63, 3.8) is 0 Å². The number of anilines is 2. The molecule has 3 heterocycles. The highest BCUT2D eigenvalue weighted by molar-refractivity contribution is 7.98. The lowest BCUT2D eigenvalue weighted by Gasteiger charge is -2.14. The fourth-order valence-corrected chi connectivity index (χ4v) is 4.33. The van der Waals surface area contributed by atoms with Crippen molar-refractivity contribution >= 4 is 45.2 Å². The van der Waals surface area contributed by atoms with Crippen LogP contribution in [0.25, 0.3) is 33.1 Å². The van der Waals surface area contributed by atoms with Crippen LogP contribution in [0.1, 0.15) is 0 Å². The van der Waals surface area contributed by atoms with E-state index in [9.17, 15) is 0 Å². The lowest BCUT2D eigenvalue weighted by molar-refractivity contribution is 0.470. The Morgan fingerprint density at radius 3 is 2.54 bits per heavy atom. The maximum Gasteiger partial charge on any atom is 0.228 e. The van der Waals surface area contributed by atoms with E-state index in [1.807, 2.05) is 79.1 Å². The maximum atomic E-state index is 6.37. The van der Waals surface area contributed by atoms with Crippen molar-refractivity contribution in [2.24, 2.45) is 0 Å². The molecule has 0 saturated carbocycles. The molecule has 6 rings (SSSR count). The zero-order valence-electron chi connectivity index (χ0n) is 18.8. The number of hydrogen-bond donors (Lipinski definition) is 2. The van der Waals surface area contributed by atoms with Crippen molar-refractivity contribution in [2.75, 3.05) is 11.6 Å². The second kappa shape index (κ2) is 9.08. The van der Waals surface area contributed by atoms with Gasteiger partial charge in [-0.3, -0.25) is 0 Å². The van der Waals surface area contributed by atoms with Gasteiger partial charge in [0.25, 0.3) is 0 Å². The predicted molar refractivity (Wildman–Crippen MR) is 140 cm³/mol. The summed E-state index contributed by atoms with van der Waals surface area (Å²) in [7, 11) is 0. The van der Waals surface area contributed by atoms with E-state index in [1.165, 1.54) is 11.8 Å². The number of nitrogens with one attached hydrogen (secondary N) is 2. The fraction of sp³-hybridized carbons (Fsp3) is 0.0370. The number of aromatic amines is 1. The molecule has 0 aliphatic rings. The van der Waals surface area contributed by atoms with Gasteiger partial charge in [-0.25, -0.2) is 19.9 Å². The number of H-pyrrole nitrogens is 1. The van der Waals surface area contributed by atoms with Gasteiger partial charge in [0, 0.05) is 28.9 Å². The summed E-state index contributed by atoms with van der Waals surface area (Å²) in [5.74, 6) is 1.88. The van der Waals surface area contributed by atoms with Crippen molar-refractivity contribution in [1.82, 2.24) is 24.9 Å². The standard InChI is InChI=1S/C27H20N6OS/c1-35-27-29-16-14-21(33-27)19-9-6-15-28-25(19)34-24-13-12-20(17-7-2-3-8-18(17)24)30-26-31-22-10-4-5-11-23(22)32-26/h2-16H,1H3,(H2,30,31,32). The van der Waals surface area contributed by atoms with Crippen molar-refractivity contribution < 1.29 is 4.74 Å². The first-order valence-electron chi connectivity index (χ1n) is 11.0. The largest absolute Gasteiger partial charge is 0.438 e. The number of thioether (sulfide) groups is 1. The molecular weight excluding hydrogens is 456 g/mol. The Labute approximate surface area is 205 Å². The molecule has 0 saturated heterocycles. The van der Waals surface area contributed by atoms with Gasteiger partial charge in [0.05, 0.1) is 22.3 Å². The molecular formula is C27H20N6OS. The second-order valence-corrected chi connectivity index (χ2v) is 8.54. The highest BCUT2D eigenvalue weighted by Crippen LogP contribution is 2.37. The summed E-state index contributed by atoms with van der Waals surface area (Å²) >= 11 is 1.49. The molecule has 3 aromatic heterocycles. The number of hydrogen-bond acceptors (Lipinski definition) is 7. The molecule has 0 fully saturated rings. The highest BCUT2D eigenvalue weighted by Gasteiger charge is 2.14. The Morgan fingerprint density at radius 1 is 0.800 bits per heavy atom. The van der Waals surface area contributed by atoms with Crippen LogP contribution in [-0.2, 0) is 0 Å². The van der Waals surface area contributed by atoms with Gasteiger partial charge in [-0.2, -0.15) is 0 Å². The van der Waals surface area contributed by atoms with Crippen molar-refractivity contribution in [2.45, 2.75) is 5.16 Å². The summed E-state index contributed by atoms with van der Waals surface area (Å²) in [6.45, 7) is 0. The van der Waals surface area contributed by atoms with E-state index >= 15 is 0 Å². The smallest absolute Gasteiger partial charge is 0.228 e. The lowest BCUT2D eigenvalue weighted by atomic mass is 10.1. The van der Waals surface area contributed by atoms with Crippen LogP contribution in [0, 0.1) is 0 Å². The molecule has 0 radical (unpaired) electrons. The molecule has 2 N–H and O–H groups in total. The molecule has 7 nitrogen and oxygen atoms in total. The van der Waals surface area contributed by atoms with Gasteiger partial charge in [0.1, 0.15) is 5.75 Å². The van der Waals surface area contributed by atoms with E-state index in [4.69, 9.17) is 4.74 Å². The van der Waals surface area contributed by atoms with Crippen molar-refractivity contribution in [3.05, 3.63) is 91.3 Å². The van der Waals surface area contributed by atoms with Crippen LogP contribution in [-0.4, -0.2) is 31.2 Å². The average Bonchev–Trinajstić information content (AvgIpc) is 3.33. The van der Waals surface area contributed by atoms with Gasteiger partial charge in [-0.1, -0.05) is 48.2 Å². The minimum atomic E-state index is 0.487. The predicted octanol–water partition coefficient (Wildman–Crippen LogP) is 6.83. The van der Waals surface area contributed by atoms with Crippen LogP contribution >= 0.6 is 11.8 Å². The van der Waals surface area contributed by atoms with Crippen LogP contribution in [0.4, 0.5) is 11.6 Å². The first-order valence-corrected chi connectivity index (χ1v) is 12.2. The molecule has 3 aromatic carbocycles. The Bertz CT molecular complexity index is 1630. The SMILES string of the molecule is CSc1nccc(-c2cccnc2Oc2ccc(Nc3nc4ccccc4[nH]3)c3ccccc23)n1. The van der Waals surface area contributed by atoms with Crippen molar-refractivity contribution in [3.8, 4) is 22.9 Å². The van der Waals surface area contributed by atoms with Gasteiger partial charge < -0.3 is 15.0 Å². The summed E-state index contributed by atoms with van der Waals surface area (Å²) < 4.78 is 6.37. The molecule has 6 aromatic rings. The van der Waals surface area contributed by atoms with E-state index in [2.05, 4.69) is 36.3 Å². The van der Waals surface area contributed by atoms with Gasteiger partial charge >= 0.3 is 0 Å². The molecule has 0 bridgehead atoms. The summed E-state index contributed by atoms with van der Waals surface area (Å²) in [6.07, 6.45) is 5.42. The molecule has 0 atom stereocenters. The minimum absolute atomic E-state index is 0.487. The maximum absolute atomic E-state index is 6.37. The molecule has 8 heteroatoms. The van der Waals surface area contributed by atoms with Crippen LogP contribution in [0.3, 0.4) is 0 Å². The van der Waals surface area contributed by atoms with E-state index < -0.39 is 0 Å². The van der Waals surface area contributed by atoms with E-state index in [1.54, 1.807) is 12.4 Å². The molecule has 170 valence electrons. The molecule has 0 spiro atoms. The number of rotatable bonds is 6. The third-order valence-corrected chi connectivity index (χ3v) is 6.16. The highest BCUT2D eigenvalue weighted by atomic mass is 32.2. The first-order chi connectivity index (χ1) is 17.3. The summed E-state index contributed by atoms with van der Waals surface area (Å²) in [5.41, 5.74) is 4.39. The Hall–Kier alpha value is -4.43. The average molecular weight is 477 g/mol. The number of aromatic nitrogens is 5. The van der Waals surface area contributed by atoms with Crippen LogP contribution < -0.4 is 10.1 Å². The van der Waals surface area contributed by atoms with E-state index in [0.29, 0.717) is 22.7 Å². The lowest BCUT2D eigenvalue weighted by Crippen LogP contribution is -1.97. The number of imidazole rings is 1. The molecule has 0 amide bonds. The molecule has 0 unspecified atom stereocenters. The minimum Gasteiger partial charge on any atom is -0.438 e. The quantitative estimate of drug-likeness (QED) is 0.201. The van der Waals surface area contributed by atoms with Gasteiger partial charge in [0.2, 0.25) is 11.8 Å². The normalized spacial score (nSPS) is 11.1. The van der Waals surface area contributed by atoms with E-state index in [0.717, 1.165) is 38.8 Å². The van der Waals surface area contributed by atoms with Crippen molar-refractivity contribution in [1.29, 1.82) is 0 Å². The summed E-state index contributed by atoms with van der Waals surface area (Å²) in [4.78, 5) is 21.4. The Kier molecular flexibility index (Phi) is 5.48. The zero-order valence-corrected chi connectivity index (χ0v) is 19.6. The Morgan fingerprint density at radius 2 is 1.66 bits per heavy atom. The fourth-order valence-electron chi connectivity index (χ4n) is 3.97. The van der Waals surface area contributed by atoms with Gasteiger partial charge in [-0.15, -0.1) is 0 Å². The molecule has 0 aliphatic heterocycles. The van der Waals surface area contributed by atoms with Crippen LogP contribution in [0.5, 0.6) is 11.6 Å². The van der Waals surface area contributed by atoms with Crippen LogP contribution in [0.15, 0.2) is 96.4 Å². The third kappa shape index (κ3) is 4.15. The number of benzene rings is 3. The van der Waals surface area contributed by atoms with Gasteiger partial charge in [0.15, 0.2) is 5.16 Å². The topological polar surface area (TPSA) is 88.6 Å². The monoisotopic (exact) mass is 476 g/mol.